The van der Waals surface area contributed by atoms with Crippen LogP contribution in [0, 0.1) is 5.92 Å². The van der Waals surface area contributed by atoms with Gasteiger partial charge in [-0.15, -0.1) is 0 Å². The largest absolute Gasteiger partial charge is 0.395 e. The van der Waals surface area contributed by atoms with Gasteiger partial charge in [-0.05, 0) is 24.1 Å². The summed E-state index contributed by atoms with van der Waals surface area (Å²) < 4.78 is 0. The summed E-state index contributed by atoms with van der Waals surface area (Å²) in [6.45, 7) is 2.16. The number of amides is 1. The molecule has 1 unspecified atom stereocenters. The van der Waals surface area contributed by atoms with E-state index in [0.29, 0.717) is 23.0 Å². The highest BCUT2D eigenvalue weighted by atomic mass is 35.5. The molecule has 1 amide bonds. The molecule has 1 rings (SSSR count). The van der Waals surface area contributed by atoms with Crippen LogP contribution in [0.2, 0.25) is 10.0 Å². The number of benzene rings is 1. The minimum Gasteiger partial charge on any atom is -0.395 e. The maximum atomic E-state index is 12.0. The molecule has 0 bridgehead atoms. The van der Waals surface area contributed by atoms with Crippen LogP contribution in [0.3, 0.4) is 0 Å². The summed E-state index contributed by atoms with van der Waals surface area (Å²) in [6.07, 6.45) is 0.560. The van der Waals surface area contributed by atoms with Crippen molar-refractivity contribution in [1.82, 2.24) is 4.90 Å². The zero-order valence-electron chi connectivity index (χ0n) is 10.5. The second kappa shape index (κ2) is 6.98. The van der Waals surface area contributed by atoms with Crippen LogP contribution in [-0.4, -0.2) is 36.1 Å². The number of hydrogen-bond acceptors (Lipinski definition) is 2. The zero-order chi connectivity index (χ0) is 13.7. The van der Waals surface area contributed by atoms with Crippen LogP contribution in [0.5, 0.6) is 0 Å². The highest BCUT2D eigenvalue weighted by molar-refractivity contribution is 6.35. The van der Waals surface area contributed by atoms with Crippen LogP contribution < -0.4 is 0 Å². The zero-order valence-corrected chi connectivity index (χ0v) is 12.0. The Balaban J connectivity index is 2.69. The van der Waals surface area contributed by atoms with Gasteiger partial charge in [-0.25, -0.2) is 0 Å². The van der Waals surface area contributed by atoms with E-state index in [4.69, 9.17) is 28.3 Å². The van der Waals surface area contributed by atoms with Gasteiger partial charge in [-0.3, -0.25) is 4.79 Å². The molecule has 0 saturated carbocycles. The Morgan fingerprint density at radius 3 is 2.67 bits per heavy atom. The highest BCUT2D eigenvalue weighted by Crippen LogP contribution is 2.23. The maximum Gasteiger partial charge on any atom is 0.225 e. The summed E-state index contributed by atoms with van der Waals surface area (Å²) in [5, 5.41) is 9.96. The molecular formula is C13H17Cl2NO2. The number of likely N-dealkylation sites (N-methyl/N-ethyl adjacent to an activating group) is 1. The predicted octanol–water partition coefficient (Wildman–Crippen LogP) is 2.62. The molecule has 0 aliphatic heterocycles. The number of halogens is 2. The fraction of sp³-hybridized carbons (Fsp3) is 0.462. The lowest BCUT2D eigenvalue weighted by Crippen LogP contribution is -2.34. The van der Waals surface area contributed by atoms with E-state index >= 15 is 0 Å². The van der Waals surface area contributed by atoms with Crippen LogP contribution >= 0.6 is 23.2 Å². The quantitative estimate of drug-likeness (QED) is 0.905. The normalized spacial score (nSPS) is 12.3. The third-order valence-electron chi connectivity index (χ3n) is 2.77. The molecule has 0 spiro atoms. The molecule has 3 nitrogen and oxygen atoms in total. The van der Waals surface area contributed by atoms with Gasteiger partial charge in [-0.2, -0.15) is 0 Å². The average molecular weight is 290 g/mol. The Kier molecular flexibility index (Phi) is 5.93. The smallest absolute Gasteiger partial charge is 0.225 e. The van der Waals surface area contributed by atoms with Crippen molar-refractivity contribution >= 4 is 29.1 Å². The molecule has 0 heterocycles. The fourth-order valence-corrected chi connectivity index (χ4v) is 2.23. The van der Waals surface area contributed by atoms with Crippen LogP contribution in [0.25, 0.3) is 0 Å². The van der Waals surface area contributed by atoms with Crippen LogP contribution in [0.15, 0.2) is 18.2 Å². The third-order valence-corrected chi connectivity index (χ3v) is 3.36. The van der Waals surface area contributed by atoms with E-state index in [9.17, 15) is 4.79 Å². The molecule has 100 valence electrons. The van der Waals surface area contributed by atoms with E-state index in [1.54, 1.807) is 19.2 Å². The van der Waals surface area contributed by atoms with Crippen molar-refractivity contribution in [3.8, 4) is 0 Å². The topological polar surface area (TPSA) is 40.5 Å². The second-order valence-electron chi connectivity index (χ2n) is 4.32. The molecule has 0 saturated heterocycles. The Bertz CT molecular complexity index is 423. The maximum absolute atomic E-state index is 12.0. The van der Waals surface area contributed by atoms with Crippen LogP contribution in [0.4, 0.5) is 0 Å². The highest BCUT2D eigenvalue weighted by Gasteiger charge is 2.18. The Morgan fingerprint density at radius 2 is 2.11 bits per heavy atom. The van der Waals surface area contributed by atoms with Gasteiger partial charge in [0.1, 0.15) is 0 Å². The Labute approximate surface area is 117 Å². The molecule has 18 heavy (non-hydrogen) atoms. The molecule has 0 radical (unpaired) electrons. The number of aliphatic hydroxyl groups excluding tert-OH is 1. The Morgan fingerprint density at radius 1 is 1.44 bits per heavy atom. The monoisotopic (exact) mass is 289 g/mol. The molecule has 0 aliphatic rings. The van der Waals surface area contributed by atoms with Gasteiger partial charge in [-0.1, -0.05) is 36.2 Å². The number of rotatable bonds is 5. The van der Waals surface area contributed by atoms with Gasteiger partial charge in [0.05, 0.1) is 6.61 Å². The van der Waals surface area contributed by atoms with Crippen molar-refractivity contribution < 1.29 is 9.90 Å². The summed E-state index contributed by atoms with van der Waals surface area (Å²) in [5.41, 5.74) is 0.902. The summed E-state index contributed by atoms with van der Waals surface area (Å²) in [5.74, 6) is -0.185. The van der Waals surface area contributed by atoms with Gasteiger partial charge in [0.2, 0.25) is 5.91 Å². The summed E-state index contributed by atoms with van der Waals surface area (Å²) in [7, 11) is 1.68. The number of carbonyl (C=O) groups is 1. The van der Waals surface area contributed by atoms with Crippen molar-refractivity contribution in [2.45, 2.75) is 13.3 Å². The first-order chi connectivity index (χ1) is 8.45. The van der Waals surface area contributed by atoms with Crippen molar-refractivity contribution in [1.29, 1.82) is 0 Å². The van der Waals surface area contributed by atoms with Gasteiger partial charge in [0.25, 0.3) is 0 Å². The van der Waals surface area contributed by atoms with E-state index in [0.717, 1.165) is 5.56 Å². The average Bonchev–Trinajstić information content (AvgIpc) is 2.32. The first kappa shape index (κ1) is 15.3. The SMILES string of the molecule is CC(Cc1ccc(Cl)cc1Cl)C(=O)N(C)CCO. The van der Waals surface area contributed by atoms with E-state index < -0.39 is 0 Å². The predicted molar refractivity (Wildman–Crippen MR) is 74.1 cm³/mol. The fourth-order valence-electron chi connectivity index (χ4n) is 1.74. The van der Waals surface area contributed by atoms with E-state index in [2.05, 4.69) is 0 Å². The van der Waals surface area contributed by atoms with Crippen molar-refractivity contribution in [2.75, 3.05) is 20.2 Å². The molecule has 1 N–H and O–H groups in total. The lowest BCUT2D eigenvalue weighted by atomic mass is 10.00. The van der Waals surface area contributed by atoms with E-state index in [1.165, 1.54) is 4.90 Å². The minimum atomic E-state index is -0.180. The van der Waals surface area contributed by atoms with Crippen molar-refractivity contribution in [3.05, 3.63) is 33.8 Å². The molecular weight excluding hydrogens is 273 g/mol. The molecule has 1 aromatic carbocycles. The lowest BCUT2D eigenvalue weighted by Gasteiger charge is -2.20. The standard InChI is InChI=1S/C13H17Cl2NO2/c1-9(13(18)16(2)5-6-17)7-10-3-4-11(14)8-12(10)15/h3-4,8-9,17H,5-7H2,1-2H3. The lowest BCUT2D eigenvalue weighted by molar-refractivity contribution is -0.134. The second-order valence-corrected chi connectivity index (χ2v) is 5.17. The minimum absolute atomic E-state index is 0.00457. The van der Waals surface area contributed by atoms with E-state index in [-0.39, 0.29) is 18.4 Å². The van der Waals surface area contributed by atoms with Gasteiger partial charge < -0.3 is 10.0 Å². The van der Waals surface area contributed by atoms with Crippen LogP contribution in [0.1, 0.15) is 12.5 Å². The third kappa shape index (κ3) is 4.16. The van der Waals surface area contributed by atoms with Gasteiger partial charge in [0.15, 0.2) is 0 Å². The number of carbonyl (C=O) groups excluding carboxylic acids is 1. The van der Waals surface area contributed by atoms with Gasteiger partial charge >= 0.3 is 0 Å². The Hall–Kier alpha value is -0.770. The first-order valence-corrected chi connectivity index (χ1v) is 6.51. The summed E-state index contributed by atoms with van der Waals surface area (Å²) in [6, 6.07) is 5.27. The number of hydrogen-bond donors (Lipinski definition) is 1. The summed E-state index contributed by atoms with van der Waals surface area (Å²) in [4.78, 5) is 13.5. The van der Waals surface area contributed by atoms with Crippen molar-refractivity contribution in [2.24, 2.45) is 5.92 Å². The van der Waals surface area contributed by atoms with Gasteiger partial charge in [0, 0.05) is 29.6 Å². The molecule has 1 aromatic rings. The molecule has 0 fully saturated rings. The number of aliphatic hydroxyl groups is 1. The number of nitrogens with zero attached hydrogens (tertiary/aromatic N) is 1. The molecule has 1 atom stereocenters. The van der Waals surface area contributed by atoms with Crippen LogP contribution in [-0.2, 0) is 11.2 Å². The van der Waals surface area contributed by atoms with E-state index in [1.807, 2.05) is 13.0 Å². The summed E-state index contributed by atoms with van der Waals surface area (Å²) >= 11 is 11.9. The molecule has 5 heteroatoms. The molecule has 0 aliphatic carbocycles. The van der Waals surface area contributed by atoms with Crippen molar-refractivity contribution in [3.63, 3.8) is 0 Å². The molecule has 0 aromatic heterocycles. The first-order valence-electron chi connectivity index (χ1n) is 5.75.